The number of fused-ring (bicyclic) bond motifs is 1. The average molecular weight is 240 g/mol. The summed E-state index contributed by atoms with van der Waals surface area (Å²) in [5.41, 5.74) is 1.91. The van der Waals surface area contributed by atoms with Crippen LogP contribution >= 0.6 is 0 Å². The highest BCUT2D eigenvalue weighted by Crippen LogP contribution is 2.17. The third-order valence-electron chi connectivity index (χ3n) is 2.53. The van der Waals surface area contributed by atoms with Crippen molar-refractivity contribution in [2.75, 3.05) is 0 Å². The number of aromatic hydroxyl groups is 1. The number of phenolic OH excluding ortho intramolecular Hbond substituents is 1. The fraction of sp³-hybridized carbons (Fsp3) is 0.133. The van der Waals surface area contributed by atoms with Gasteiger partial charge in [0.25, 0.3) is 0 Å². The monoisotopic (exact) mass is 240 g/mol. The molecule has 0 amide bonds. The van der Waals surface area contributed by atoms with E-state index in [-0.39, 0.29) is 5.75 Å². The second-order valence-corrected chi connectivity index (χ2v) is 3.65. The highest BCUT2D eigenvalue weighted by Gasteiger charge is 2.01. The van der Waals surface area contributed by atoms with Crippen molar-refractivity contribution in [1.29, 1.82) is 0 Å². The first-order valence-corrected chi connectivity index (χ1v) is 6.07. The molecule has 2 aromatic carbocycles. The molecule has 0 aliphatic carbocycles. The predicted octanol–water partition coefficient (Wildman–Crippen LogP) is 3.76. The number of rotatable bonds is 1. The molecule has 0 radical (unpaired) electrons. The van der Waals surface area contributed by atoms with Crippen LogP contribution in [0, 0.1) is 0 Å². The number of phenols is 1. The van der Waals surface area contributed by atoms with Gasteiger partial charge in [0.15, 0.2) is 0 Å². The van der Waals surface area contributed by atoms with Gasteiger partial charge in [-0.05, 0) is 30.3 Å². The molecule has 0 atom stereocenters. The first-order chi connectivity index (χ1) is 8.83. The van der Waals surface area contributed by atoms with E-state index in [1.165, 1.54) is 0 Å². The van der Waals surface area contributed by atoms with Crippen LogP contribution in [0.5, 0.6) is 5.75 Å². The lowest BCUT2D eigenvalue weighted by Gasteiger charge is -1.99. The maximum atomic E-state index is 9.21. The van der Waals surface area contributed by atoms with Gasteiger partial charge in [-0.2, -0.15) is 5.10 Å². The number of nitrogens with zero attached hydrogens (tertiary/aromatic N) is 2. The molecule has 18 heavy (non-hydrogen) atoms. The van der Waals surface area contributed by atoms with E-state index in [2.05, 4.69) is 5.10 Å². The van der Waals surface area contributed by atoms with Gasteiger partial charge < -0.3 is 5.11 Å². The van der Waals surface area contributed by atoms with Crippen LogP contribution in [0.4, 0.5) is 0 Å². The molecule has 92 valence electrons. The van der Waals surface area contributed by atoms with E-state index in [0.717, 1.165) is 16.6 Å². The summed E-state index contributed by atoms with van der Waals surface area (Å²) < 4.78 is 1.81. The summed E-state index contributed by atoms with van der Waals surface area (Å²) in [6.45, 7) is 4.00. The second-order valence-electron chi connectivity index (χ2n) is 3.65. The third-order valence-corrected chi connectivity index (χ3v) is 2.53. The van der Waals surface area contributed by atoms with Crippen molar-refractivity contribution in [1.82, 2.24) is 9.78 Å². The Morgan fingerprint density at radius 2 is 1.61 bits per heavy atom. The van der Waals surface area contributed by atoms with Gasteiger partial charge in [-0.15, -0.1) is 0 Å². The highest BCUT2D eigenvalue weighted by molar-refractivity contribution is 5.78. The van der Waals surface area contributed by atoms with E-state index >= 15 is 0 Å². The molecule has 0 fully saturated rings. The summed E-state index contributed by atoms with van der Waals surface area (Å²) in [6, 6.07) is 14.9. The predicted molar refractivity (Wildman–Crippen MR) is 74.1 cm³/mol. The lowest BCUT2D eigenvalue weighted by Crippen LogP contribution is -1.92. The lowest BCUT2D eigenvalue weighted by molar-refractivity contribution is 0.475. The van der Waals surface area contributed by atoms with Crippen molar-refractivity contribution in [3.05, 3.63) is 54.7 Å². The SMILES string of the molecule is CC.Oc1ccc(-n2cc3ccccc3n2)cc1. The fourth-order valence-electron chi connectivity index (χ4n) is 1.70. The van der Waals surface area contributed by atoms with Crippen molar-refractivity contribution in [2.45, 2.75) is 13.8 Å². The molecule has 0 aliphatic heterocycles. The Kier molecular flexibility index (Phi) is 3.63. The molecule has 0 bridgehead atoms. The molecule has 3 rings (SSSR count). The summed E-state index contributed by atoms with van der Waals surface area (Å²) in [7, 11) is 0. The minimum Gasteiger partial charge on any atom is -0.508 e. The van der Waals surface area contributed by atoms with Crippen LogP contribution in [0.1, 0.15) is 13.8 Å². The van der Waals surface area contributed by atoms with Gasteiger partial charge in [-0.3, -0.25) is 0 Å². The highest BCUT2D eigenvalue weighted by atomic mass is 16.3. The molecule has 3 aromatic rings. The average Bonchev–Trinajstić information content (AvgIpc) is 2.85. The van der Waals surface area contributed by atoms with Crippen LogP contribution in [0.3, 0.4) is 0 Å². The van der Waals surface area contributed by atoms with E-state index < -0.39 is 0 Å². The van der Waals surface area contributed by atoms with Crippen molar-refractivity contribution in [2.24, 2.45) is 0 Å². The Morgan fingerprint density at radius 1 is 0.944 bits per heavy atom. The number of aromatic nitrogens is 2. The van der Waals surface area contributed by atoms with Crippen LogP contribution in [0.25, 0.3) is 16.6 Å². The van der Waals surface area contributed by atoms with Gasteiger partial charge in [0.2, 0.25) is 0 Å². The number of benzene rings is 2. The zero-order valence-corrected chi connectivity index (χ0v) is 10.5. The van der Waals surface area contributed by atoms with Crippen LogP contribution in [0.15, 0.2) is 54.7 Å². The first kappa shape index (κ1) is 12.2. The molecule has 3 nitrogen and oxygen atoms in total. The van der Waals surface area contributed by atoms with E-state index in [0.29, 0.717) is 0 Å². The molecule has 0 saturated heterocycles. The minimum absolute atomic E-state index is 0.264. The quantitative estimate of drug-likeness (QED) is 0.703. The number of hydrogen-bond donors (Lipinski definition) is 1. The first-order valence-electron chi connectivity index (χ1n) is 6.07. The van der Waals surface area contributed by atoms with Gasteiger partial charge in [0.05, 0.1) is 11.2 Å². The summed E-state index contributed by atoms with van der Waals surface area (Å²) >= 11 is 0. The Labute approximate surface area is 106 Å². The lowest BCUT2D eigenvalue weighted by atomic mass is 10.3. The smallest absolute Gasteiger partial charge is 0.115 e. The molecule has 1 heterocycles. The Balaban J connectivity index is 0.000000574. The normalized spacial score (nSPS) is 9.89. The van der Waals surface area contributed by atoms with Gasteiger partial charge in [-0.25, -0.2) is 4.68 Å². The van der Waals surface area contributed by atoms with Gasteiger partial charge >= 0.3 is 0 Å². The minimum atomic E-state index is 0.264. The van der Waals surface area contributed by atoms with Crippen LogP contribution in [-0.4, -0.2) is 14.9 Å². The van der Waals surface area contributed by atoms with Crippen LogP contribution in [-0.2, 0) is 0 Å². The summed E-state index contributed by atoms with van der Waals surface area (Å²) in [4.78, 5) is 0. The Bertz CT molecular complexity index is 593. The zero-order chi connectivity index (χ0) is 13.0. The molecule has 0 saturated carbocycles. The zero-order valence-electron chi connectivity index (χ0n) is 10.5. The van der Waals surface area contributed by atoms with E-state index in [4.69, 9.17) is 0 Å². The van der Waals surface area contributed by atoms with Crippen molar-refractivity contribution >= 4 is 10.9 Å². The van der Waals surface area contributed by atoms with Crippen molar-refractivity contribution in [3.8, 4) is 11.4 Å². The number of hydrogen-bond acceptors (Lipinski definition) is 2. The van der Waals surface area contributed by atoms with Gasteiger partial charge in [0, 0.05) is 11.6 Å². The molecule has 3 heteroatoms. The largest absolute Gasteiger partial charge is 0.508 e. The maximum absolute atomic E-state index is 9.21. The van der Waals surface area contributed by atoms with Crippen molar-refractivity contribution in [3.63, 3.8) is 0 Å². The Hall–Kier alpha value is -2.29. The molecular weight excluding hydrogens is 224 g/mol. The fourth-order valence-corrected chi connectivity index (χ4v) is 1.70. The standard InChI is InChI=1S/C13H10N2O.C2H6/c16-12-7-5-11(6-8-12)15-9-10-3-1-2-4-13(10)14-15;1-2/h1-9,16H;1-2H3. The van der Waals surface area contributed by atoms with E-state index in [1.807, 2.05) is 61.1 Å². The Morgan fingerprint density at radius 3 is 2.28 bits per heavy atom. The summed E-state index contributed by atoms with van der Waals surface area (Å²) in [5, 5.41) is 14.8. The maximum Gasteiger partial charge on any atom is 0.115 e. The second kappa shape index (κ2) is 5.36. The topological polar surface area (TPSA) is 38.0 Å². The van der Waals surface area contributed by atoms with E-state index in [1.54, 1.807) is 12.1 Å². The molecule has 1 aromatic heterocycles. The third kappa shape index (κ3) is 2.35. The van der Waals surface area contributed by atoms with Crippen LogP contribution < -0.4 is 0 Å². The summed E-state index contributed by atoms with van der Waals surface area (Å²) in [5.74, 6) is 0.264. The van der Waals surface area contributed by atoms with Gasteiger partial charge in [-0.1, -0.05) is 32.0 Å². The van der Waals surface area contributed by atoms with Crippen LogP contribution in [0.2, 0.25) is 0 Å². The molecule has 1 N–H and O–H groups in total. The molecule has 0 aliphatic rings. The molecule has 0 spiro atoms. The summed E-state index contributed by atoms with van der Waals surface area (Å²) in [6.07, 6.45) is 1.97. The molecular formula is C15H16N2O. The van der Waals surface area contributed by atoms with Crippen molar-refractivity contribution < 1.29 is 5.11 Å². The van der Waals surface area contributed by atoms with E-state index in [9.17, 15) is 5.11 Å². The van der Waals surface area contributed by atoms with Gasteiger partial charge in [0.1, 0.15) is 5.75 Å². The molecule has 0 unspecified atom stereocenters.